The molecule has 1 aromatic heterocycles. The first-order valence-electron chi connectivity index (χ1n) is 7.71. The smallest absolute Gasteiger partial charge is 0.319 e. The summed E-state index contributed by atoms with van der Waals surface area (Å²) in [6, 6.07) is 4.60. The highest BCUT2D eigenvalue weighted by Crippen LogP contribution is 2.26. The van der Waals surface area contributed by atoms with Crippen molar-refractivity contribution in [3.05, 3.63) is 17.5 Å². The van der Waals surface area contributed by atoms with Crippen LogP contribution >= 0.6 is 23.1 Å². The number of piperidine rings is 1. The van der Waals surface area contributed by atoms with Crippen molar-refractivity contribution < 1.29 is 4.79 Å². The standard InChI is InChI=1S/C15H23N3OS2/c19-15(17-14-2-1-8-21-14)16-10-12-3-6-18(7-4-12)13-5-9-20-11-13/h1-2,8,12-13H,3-7,9-11H2,(H2,16,17,19). The lowest BCUT2D eigenvalue weighted by molar-refractivity contribution is 0.143. The topological polar surface area (TPSA) is 44.4 Å². The van der Waals surface area contributed by atoms with Crippen molar-refractivity contribution in [2.75, 3.05) is 36.5 Å². The van der Waals surface area contributed by atoms with Gasteiger partial charge in [-0.15, -0.1) is 11.3 Å². The molecule has 2 amide bonds. The van der Waals surface area contributed by atoms with Gasteiger partial charge in [-0.1, -0.05) is 0 Å². The Balaban J connectivity index is 1.34. The predicted molar refractivity (Wildman–Crippen MR) is 91.4 cm³/mol. The molecular formula is C15H23N3OS2. The van der Waals surface area contributed by atoms with Gasteiger partial charge in [-0.25, -0.2) is 4.79 Å². The first kappa shape index (κ1) is 15.2. The molecule has 3 rings (SSSR count). The molecule has 116 valence electrons. The fraction of sp³-hybridized carbons (Fsp3) is 0.667. The van der Waals surface area contributed by atoms with Gasteiger partial charge in [0, 0.05) is 18.3 Å². The summed E-state index contributed by atoms with van der Waals surface area (Å²) in [6.45, 7) is 3.19. The maximum absolute atomic E-state index is 11.8. The minimum atomic E-state index is -0.0768. The summed E-state index contributed by atoms with van der Waals surface area (Å²) in [6.07, 6.45) is 3.78. The summed E-state index contributed by atoms with van der Waals surface area (Å²) in [5.41, 5.74) is 0. The molecule has 1 atom stereocenters. The summed E-state index contributed by atoms with van der Waals surface area (Å²) in [7, 11) is 0. The third kappa shape index (κ3) is 4.37. The number of nitrogens with zero attached hydrogens (tertiary/aromatic N) is 1. The van der Waals surface area contributed by atoms with E-state index >= 15 is 0 Å². The molecule has 2 saturated heterocycles. The predicted octanol–water partition coefficient (Wildman–Crippen LogP) is 3.09. The molecule has 0 spiro atoms. The Labute approximate surface area is 134 Å². The first-order chi connectivity index (χ1) is 10.3. The van der Waals surface area contributed by atoms with E-state index in [-0.39, 0.29) is 6.03 Å². The molecular weight excluding hydrogens is 302 g/mol. The second-order valence-electron chi connectivity index (χ2n) is 5.81. The summed E-state index contributed by atoms with van der Waals surface area (Å²) in [4.78, 5) is 14.5. The van der Waals surface area contributed by atoms with Crippen LogP contribution in [0, 0.1) is 5.92 Å². The van der Waals surface area contributed by atoms with Gasteiger partial charge in [-0.05, 0) is 61.5 Å². The molecule has 4 nitrogen and oxygen atoms in total. The number of carbonyl (C=O) groups excluding carboxylic acids is 1. The highest BCUT2D eigenvalue weighted by atomic mass is 32.2. The fourth-order valence-electron chi connectivity index (χ4n) is 3.08. The molecule has 21 heavy (non-hydrogen) atoms. The van der Waals surface area contributed by atoms with E-state index in [1.165, 1.54) is 43.9 Å². The summed E-state index contributed by atoms with van der Waals surface area (Å²) in [5.74, 6) is 3.27. The second-order valence-corrected chi connectivity index (χ2v) is 7.91. The number of amides is 2. The Morgan fingerprint density at radius 1 is 1.33 bits per heavy atom. The van der Waals surface area contributed by atoms with Gasteiger partial charge in [0.15, 0.2) is 0 Å². The van der Waals surface area contributed by atoms with Gasteiger partial charge < -0.3 is 5.32 Å². The summed E-state index contributed by atoms with van der Waals surface area (Å²) in [5, 5.41) is 8.75. The molecule has 2 aliphatic rings. The van der Waals surface area contributed by atoms with E-state index in [4.69, 9.17) is 0 Å². The number of thioether (sulfide) groups is 1. The average Bonchev–Trinajstić information content (AvgIpc) is 3.19. The van der Waals surface area contributed by atoms with E-state index in [0.29, 0.717) is 5.92 Å². The molecule has 0 aromatic carbocycles. The zero-order valence-electron chi connectivity index (χ0n) is 12.2. The Hall–Kier alpha value is -0.720. The number of urea groups is 1. The van der Waals surface area contributed by atoms with Crippen LogP contribution in [0.2, 0.25) is 0 Å². The quantitative estimate of drug-likeness (QED) is 0.894. The van der Waals surface area contributed by atoms with Crippen LogP contribution in [0.5, 0.6) is 0 Å². The molecule has 3 heterocycles. The number of anilines is 1. The van der Waals surface area contributed by atoms with E-state index in [0.717, 1.165) is 17.6 Å². The van der Waals surface area contributed by atoms with Gasteiger partial charge in [-0.2, -0.15) is 11.8 Å². The Kier molecular flexibility index (Phi) is 5.43. The Morgan fingerprint density at radius 2 is 2.19 bits per heavy atom. The third-order valence-electron chi connectivity index (χ3n) is 4.38. The van der Waals surface area contributed by atoms with Crippen LogP contribution in [-0.4, -0.2) is 48.1 Å². The highest BCUT2D eigenvalue weighted by Gasteiger charge is 2.27. The molecule has 0 radical (unpaired) electrons. The Bertz CT molecular complexity index is 438. The SMILES string of the molecule is O=C(NCC1CCN(C2CCSC2)CC1)Nc1cccs1. The lowest BCUT2D eigenvalue weighted by Crippen LogP contribution is -2.44. The molecule has 6 heteroatoms. The zero-order chi connectivity index (χ0) is 14.5. The fourth-order valence-corrected chi connectivity index (χ4v) is 4.94. The van der Waals surface area contributed by atoms with Gasteiger partial charge in [0.25, 0.3) is 0 Å². The van der Waals surface area contributed by atoms with E-state index in [9.17, 15) is 4.79 Å². The molecule has 1 aromatic rings. The number of rotatable bonds is 4. The maximum atomic E-state index is 11.8. The number of carbonyl (C=O) groups is 1. The minimum Gasteiger partial charge on any atom is -0.338 e. The highest BCUT2D eigenvalue weighted by molar-refractivity contribution is 7.99. The molecule has 2 N–H and O–H groups in total. The largest absolute Gasteiger partial charge is 0.338 e. The maximum Gasteiger partial charge on any atom is 0.319 e. The van der Waals surface area contributed by atoms with Crippen molar-refractivity contribution in [1.29, 1.82) is 0 Å². The van der Waals surface area contributed by atoms with Crippen molar-refractivity contribution >= 4 is 34.1 Å². The molecule has 0 aliphatic carbocycles. The van der Waals surface area contributed by atoms with Gasteiger partial charge in [-0.3, -0.25) is 10.2 Å². The number of nitrogens with one attached hydrogen (secondary N) is 2. The zero-order valence-corrected chi connectivity index (χ0v) is 13.8. The average molecular weight is 326 g/mol. The lowest BCUT2D eigenvalue weighted by Gasteiger charge is -2.35. The van der Waals surface area contributed by atoms with Crippen molar-refractivity contribution in [3.63, 3.8) is 0 Å². The summed E-state index contributed by atoms with van der Waals surface area (Å²) < 4.78 is 0. The normalized spacial score (nSPS) is 24.1. The summed E-state index contributed by atoms with van der Waals surface area (Å²) >= 11 is 3.63. The van der Waals surface area contributed by atoms with Gasteiger partial charge >= 0.3 is 6.03 Å². The molecule has 2 aliphatic heterocycles. The first-order valence-corrected chi connectivity index (χ1v) is 9.75. The lowest BCUT2D eigenvalue weighted by atomic mass is 9.95. The molecule has 1 unspecified atom stereocenters. The monoisotopic (exact) mass is 325 g/mol. The van der Waals surface area contributed by atoms with E-state index in [1.54, 1.807) is 11.3 Å². The van der Waals surface area contributed by atoms with Crippen LogP contribution in [0.3, 0.4) is 0 Å². The van der Waals surface area contributed by atoms with Gasteiger partial charge in [0.2, 0.25) is 0 Å². The van der Waals surface area contributed by atoms with Crippen molar-refractivity contribution in [1.82, 2.24) is 10.2 Å². The van der Waals surface area contributed by atoms with Crippen molar-refractivity contribution in [2.24, 2.45) is 5.92 Å². The Morgan fingerprint density at radius 3 is 2.86 bits per heavy atom. The van der Waals surface area contributed by atoms with Crippen LogP contribution in [0.15, 0.2) is 17.5 Å². The van der Waals surface area contributed by atoms with Gasteiger partial charge in [0.05, 0.1) is 5.00 Å². The minimum absolute atomic E-state index is 0.0768. The number of likely N-dealkylation sites (tertiary alicyclic amines) is 1. The van der Waals surface area contributed by atoms with Crippen LogP contribution in [0.25, 0.3) is 0 Å². The van der Waals surface area contributed by atoms with Gasteiger partial charge in [0.1, 0.15) is 0 Å². The van der Waals surface area contributed by atoms with Crippen LogP contribution < -0.4 is 10.6 Å². The number of hydrogen-bond acceptors (Lipinski definition) is 4. The molecule has 2 fully saturated rings. The number of thiophene rings is 1. The van der Waals surface area contributed by atoms with E-state index in [2.05, 4.69) is 27.3 Å². The van der Waals surface area contributed by atoms with E-state index < -0.39 is 0 Å². The second kappa shape index (κ2) is 7.51. The van der Waals surface area contributed by atoms with Crippen LogP contribution in [0.1, 0.15) is 19.3 Å². The van der Waals surface area contributed by atoms with Crippen LogP contribution in [-0.2, 0) is 0 Å². The molecule has 0 bridgehead atoms. The third-order valence-corrected chi connectivity index (χ3v) is 6.31. The molecule has 0 saturated carbocycles. The number of hydrogen-bond donors (Lipinski definition) is 2. The van der Waals surface area contributed by atoms with Crippen molar-refractivity contribution in [2.45, 2.75) is 25.3 Å². The van der Waals surface area contributed by atoms with E-state index in [1.807, 2.05) is 17.5 Å². The van der Waals surface area contributed by atoms with Crippen LogP contribution in [0.4, 0.5) is 9.80 Å². The van der Waals surface area contributed by atoms with Crippen molar-refractivity contribution in [3.8, 4) is 0 Å².